The van der Waals surface area contributed by atoms with Crippen LogP contribution in [0.2, 0.25) is 0 Å². The Bertz CT molecular complexity index is 529. The lowest BCUT2D eigenvalue weighted by Crippen LogP contribution is -2.47. The van der Waals surface area contributed by atoms with Crippen molar-refractivity contribution >= 4 is 17.7 Å². The molecule has 4 N–H and O–H groups in total. The van der Waals surface area contributed by atoms with E-state index in [2.05, 4.69) is 47.0 Å². The van der Waals surface area contributed by atoms with Crippen molar-refractivity contribution in [1.29, 1.82) is 0 Å². The van der Waals surface area contributed by atoms with Crippen LogP contribution in [0.5, 0.6) is 0 Å². The molecular formula is C17H29N5O. The molecule has 0 spiro atoms. The van der Waals surface area contributed by atoms with Gasteiger partial charge in [-0.3, -0.25) is 4.99 Å². The van der Waals surface area contributed by atoms with Gasteiger partial charge in [-0.05, 0) is 52.3 Å². The van der Waals surface area contributed by atoms with Crippen LogP contribution in [-0.4, -0.2) is 30.6 Å². The first-order chi connectivity index (χ1) is 10.7. The van der Waals surface area contributed by atoms with Crippen LogP contribution in [0.15, 0.2) is 29.3 Å². The summed E-state index contributed by atoms with van der Waals surface area (Å²) in [5, 5.41) is 12.2. The first-order valence-electron chi connectivity index (χ1n) is 7.85. The van der Waals surface area contributed by atoms with Gasteiger partial charge in [0.05, 0.1) is 0 Å². The number of carbonyl (C=O) groups excluding carboxylic acids is 1. The fourth-order valence-electron chi connectivity index (χ4n) is 1.86. The lowest BCUT2D eigenvalue weighted by atomic mass is 10.1. The van der Waals surface area contributed by atoms with Crippen molar-refractivity contribution in [3.63, 3.8) is 0 Å². The molecule has 0 aliphatic rings. The number of guanidine groups is 1. The molecule has 23 heavy (non-hydrogen) atoms. The molecule has 0 saturated carbocycles. The number of hydrogen-bond acceptors (Lipinski definition) is 2. The highest BCUT2D eigenvalue weighted by Crippen LogP contribution is 2.09. The van der Waals surface area contributed by atoms with Crippen molar-refractivity contribution in [2.75, 3.05) is 12.4 Å². The molecule has 1 aromatic rings. The monoisotopic (exact) mass is 319 g/mol. The van der Waals surface area contributed by atoms with Gasteiger partial charge >= 0.3 is 6.03 Å². The zero-order valence-electron chi connectivity index (χ0n) is 14.9. The van der Waals surface area contributed by atoms with Crippen molar-refractivity contribution in [2.24, 2.45) is 4.99 Å². The van der Waals surface area contributed by atoms with Crippen LogP contribution in [0.3, 0.4) is 0 Å². The van der Waals surface area contributed by atoms with Crippen LogP contribution in [0.25, 0.3) is 0 Å². The van der Waals surface area contributed by atoms with E-state index < -0.39 is 0 Å². The minimum Gasteiger partial charge on any atom is -0.352 e. The number of anilines is 1. The molecule has 0 aliphatic carbocycles. The normalized spacial score (nSPS) is 12.0. The van der Waals surface area contributed by atoms with Gasteiger partial charge in [0.1, 0.15) is 0 Å². The molecule has 6 heteroatoms. The molecule has 0 atom stereocenters. The standard InChI is InChI=1S/C17H29N5O/c1-12(2)20-16(23)21-14-9-7-13(8-10-14)11-19-15(18-6)22-17(3,4)5/h7-10,12H,11H2,1-6H3,(H2,18,19,22)(H2,20,21,23). The van der Waals surface area contributed by atoms with E-state index in [1.807, 2.05) is 38.1 Å². The Morgan fingerprint density at radius 1 is 1.17 bits per heavy atom. The van der Waals surface area contributed by atoms with E-state index in [1.165, 1.54) is 0 Å². The third kappa shape index (κ3) is 8.09. The predicted octanol–water partition coefficient (Wildman–Crippen LogP) is 2.68. The number of hydrogen-bond donors (Lipinski definition) is 4. The molecule has 0 unspecified atom stereocenters. The number of benzene rings is 1. The zero-order valence-corrected chi connectivity index (χ0v) is 14.9. The van der Waals surface area contributed by atoms with Gasteiger partial charge in [-0.2, -0.15) is 0 Å². The van der Waals surface area contributed by atoms with E-state index >= 15 is 0 Å². The van der Waals surface area contributed by atoms with Gasteiger partial charge < -0.3 is 21.3 Å². The Morgan fingerprint density at radius 2 is 1.78 bits per heavy atom. The van der Waals surface area contributed by atoms with Gasteiger partial charge in [-0.15, -0.1) is 0 Å². The first kappa shape index (κ1) is 18.8. The van der Waals surface area contributed by atoms with Crippen molar-refractivity contribution in [3.8, 4) is 0 Å². The summed E-state index contributed by atoms with van der Waals surface area (Å²) in [7, 11) is 1.75. The van der Waals surface area contributed by atoms with E-state index in [1.54, 1.807) is 7.05 Å². The first-order valence-corrected chi connectivity index (χ1v) is 7.85. The Labute approximate surface area is 139 Å². The van der Waals surface area contributed by atoms with E-state index in [0.717, 1.165) is 17.2 Å². The largest absolute Gasteiger partial charge is 0.352 e. The van der Waals surface area contributed by atoms with Crippen molar-refractivity contribution in [2.45, 2.75) is 52.7 Å². The Kier molecular flexibility index (Phi) is 6.88. The fourth-order valence-corrected chi connectivity index (χ4v) is 1.86. The van der Waals surface area contributed by atoms with Crippen LogP contribution in [0, 0.1) is 0 Å². The number of nitrogens with zero attached hydrogens (tertiary/aromatic N) is 1. The highest BCUT2D eigenvalue weighted by molar-refractivity contribution is 5.89. The molecule has 0 saturated heterocycles. The zero-order chi connectivity index (χ0) is 17.5. The van der Waals surface area contributed by atoms with E-state index in [4.69, 9.17) is 0 Å². The summed E-state index contributed by atoms with van der Waals surface area (Å²) < 4.78 is 0. The second-order valence-electron chi connectivity index (χ2n) is 6.75. The number of urea groups is 1. The molecule has 6 nitrogen and oxygen atoms in total. The van der Waals surface area contributed by atoms with Crippen LogP contribution < -0.4 is 21.3 Å². The fraction of sp³-hybridized carbons (Fsp3) is 0.529. The molecule has 0 radical (unpaired) electrons. The van der Waals surface area contributed by atoms with Crippen LogP contribution in [0.4, 0.5) is 10.5 Å². The molecule has 0 aromatic heterocycles. The lowest BCUT2D eigenvalue weighted by molar-refractivity contribution is 0.250. The quantitative estimate of drug-likeness (QED) is 0.509. The second-order valence-corrected chi connectivity index (χ2v) is 6.75. The van der Waals surface area contributed by atoms with E-state index in [0.29, 0.717) is 6.54 Å². The molecule has 0 aliphatic heterocycles. The lowest BCUT2D eigenvalue weighted by Gasteiger charge is -2.23. The van der Waals surface area contributed by atoms with Crippen molar-refractivity contribution < 1.29 is 4.79 Å². The van der Waals surface area contributed by atoms with Gasteiger partial charge in [-0.25, -0.2) is 4.79 Å². The van der Waals surface area contributed by atoms with Gasteiger partial charge in [-0.1, -0.05) is 12.1 Å². The average molecular weight is 319 g/mol. The van der Waals surface area contributed by atoms with Crippen molar-refractivity contribution in [3.05, 3.63) is 29.8 Å². The summed E-state index contributed by atoms with van der Waals surface area (Å²) >= 11 is 0. The summed E-state index contributed by atoms with van der Waals surface area (Å²) in [6.07, 6.45) is 0. The maximum atomic E-state index is 11.6. The number of amides is 2. The number of carbonyl (C=O) groups is 1. The molecule has 0 heterocycles. The Balaban J connectivity index is 2.52. The Hall–Kier alpha value is -2.24. The molecule has 1 aromatic carbocycles. The average Bonchev–Trinajstić information content (AvgIpc) is 2.42. The Morgan fingerprint density at radius 3 is 2.26 bits per heavy atom. The number of nitrogens with one attached hydrogen (secondary N) is 4. The minimum atomic E-state index is -0.194. The number of aliphatic imine (C=N–C) groups is 1. The SMILES string of the molecule is CN=C(NCc1ccc(NC(=O)NC(C)C)cc1)NC(C)(C)C. The minimum absolute atomic E-state index is 0.0423. The molecule has 0 bridgehead atoms. The predicted molar refractivity (Wildman–Crippen MR) is 96.8 cm³/mol. The van der Waals surface area contributed by atoms with Gasteiger partial charge in [0, 0.05) is 30.9 Å². The third-order valence-corrected chi connectivity index (χ3v) is 2.81. The highest BCUT2D eigenvalue weighted by Gasteiger charge is 2.11. The molecule has 1 rings (SSSR count). The summed E-state index contributed by atoms with van der Waals surface area (Å²) in [5.41, 5.74) is 1.83. The topological polar surface area (TPSA) is 77.5 Å². The van der Waals surface area contributed by atoms with Crippen LogP contribution in [-0.2, 0) is 6.54 Å². The summed E-state index contributed by atoms with van der Waals surface area (Å²) in [6.45, 7) is 10.8. The molecule has 128 valence electrons. The molecule has 0 fully saturated rings. The van der Waals surface area contributed by atoms with E-state index in [9.17, 15) is 4.79 Å². The number of rotatable bonds is 4. The third-order valence-electron chi connectivity index (χ3n) is 2.81. The second kappa shape index (κ2) is 8.41. The van der Waals surface area contributed by atoms with Gasteiger partial charge in [0.25, 0.3) is 0 Å². The molecule has 2 amide bonds. The summed E-state index contributed by atoms with van der Waals surface area (Å²) in [6, 6.07) is 7.64. The van der Waals surface area contributed by atoms with Gasteiger partial charge in [0.15, 0.2) is 5.96 Å². The highest BCUT2D eigenvalue weighted by atomic mass is 16.2. The van der Waals surface area contributed by atoms with E-state index in [-0.39, 0.29) is 17.6 Å². The maximum absolute atomic E-state index is 11.6. The van der Waals surface area contributed by atoms with Crippen molar-refractivity contribution in [1.82, 2.24) is 16.0 Å². The van der Waals surface area contributed by atoms with Crippen LogP contribution >= 0.6 is 0 Å². The van der Waals surface area contributed by atoms with Crippen LogP contribution in [0.1, 0.15) is 40.2 Å². The van der Waals surface area contributed by atoms with Gasteiger partial charge in [0.2, 0.25) is 0 Å². The molecular weight excluding hydrogens is 290 g/mol. The summed E-state index contributed by atoms with van der Waals surface area (Å²) in [5.74, 6) is 0.760. The smallest absolute Gasteiger partial charge is 0.319 e. The summed E-state index contributed by atoms with van der Waals surface area (Å²) in [4.78, 5) is 15.8. The maximum Gasteiger partial charge on any atom is 0.319 e.